The largest absolute Gasteiger partial charge is 0.248 e. The molecule has 54 heavy (non-hydrogen) atoms. The van der Waals surface area contributed by atoms with Gasteiger partial charge in [-0.2, -0.15) is 0 Å². The van der Waals surface area contributed by atoms with Gasteiger partial charge >= 0.3 is 0 Å². The van der Waals surface area contributed by atoms with E-state index in [2.05, 4.69) is 205 Å². The molecule has 1 N–H and O–H groups in total. The number of fused-ring (bicyclic) bond motifs is 3. The Morgan fingerprint density at radius 3 is 1.44 bits per heavy atom. The molecule has 8 aromatic carbocycles. The van der Waals surface area contributed by atoms with Crippen LogP contribution in [0.15, 0.2) is 206 Å². The smallest absolute Gasteiger partial charge is 0.211 e. The van der Waals surface area contributed by atoms with E-state index in [0.717, 1.165) is 50.4 Å². The molecule has 0 aliphatic carbocycles. The number of aromatic nitrogens is 2. The number of pyridine rings is 2. The SMILES string of the molecule is c1ccc(-c2cc(-c3ccccc3)nc(-c3ccc(-c4cc(-c5ccc6ccccc6c5)[nH+]c5ccc(-c6ccc7ccccc7c6)cc45)cc3)c2)cc1. The number of nitrogens with one attached hydrogen (secondary N) is 1. The third kappa shape index (κ3) is 6.00. The van der Waals surface area contributed by atoms with Crippen LogP contribution in [0.25, 0.3) is 99.6 Å². The van der Waals surface area contributed by atoms with Crippen molar-refractivity contribution in [3.05, 3.63) is 206 Å². The van der Waals surface area contributed by atoms with Gasteiger partial charge in [0.05, 0.1) is 16.8 Å². The van der Waals surface area contributed by atoms with Crippen molar-refractivity contribution in [2.45, 2.75) is 0 Å². The van der Waals surface area contributed by atoms with Crippen molar-refractivity contribution in [1.82, 2.24) is 4.98 Å². The van der Waals surface area contributed by atoms with E-state index in [1.54, 1.807) is 0 Å². The Balaban J connectivity index is 1.11. The molecule has 0 bridgehead atoms. The van der Waals surface area contributed by atoms with Gasteiger partial charge in [-0.3, -0.25) is 0 Å². The van der Waals surface area contributed by atoms with Crippen molar-refractivity contribution in [1.29, 1.82) is 0 Å². The Bertz CT molecular complexity index is 2910. The highest BCUT2D eigenvalue weighted by atomic mass is 14.7. The van der Waals surface area contributed by atoms with Crippen LogP contribution in [0.1, 0.15) is 0 Å². The molecule has 10 aromatic rings. The predicted octanol–water partition coefficient (Wildman–Crippen LogP) is 13.4. The number of H-pyrrole nitrogens is 1. The summed E-state index contributed by atoms with van der Waals surface area (Å²) in [5.74, 6) is 0. The molecule has 0 amide bonds. The lowest BCUT2D eigenvalue weighted by molar-refractivity contribution is -0.330. The van der Waals surface area contributed by atoms with Crippen molar-refractivity contribution in [3.8, 4) is 67.2 Å². The summed E-state index contributed by atoms with van der Waals surface area (Å²) in [5, 5.41) is 6.12. The average molecular weight is 688 g/mol. The first kappa shape index (κ1) is 31.6. The highest BCUT2D eigenvalue weighted by Gasteiger charge is 2.17. The molecule has 2 aromatic heterocycles. The molecule has 0 atom stereocenters. The third-order valence-corrected chi connectivity index (χ3v) is 10.5. The van der Waals surface area contributed by atoms with E-state index in [9.17, 15) is 0 Å². The Morgan fingerprint density at radius 1 is 0.296 bits per heavy atom. The molecule has 0 spiro atoms. The van der Waals surface area contributed by atoms with E-state index in [1.807, 2.05) is 6.07 Å². The minimum Gasteiger partial charge on any atom is -0.248 e. The number of benzene rings is 8. The lowest BCUT2D eigenvalue weighted by atomic mass is 9.93. The van der Waals surface area contributed by atoms with Crippen molar-refractivity contribution in [3.63, 3.8) is 0 Å². The van der Waals surface area contributed by atoms with E-state index in [0.29, 0.717) is 0 Å². The number of hydrogen-bond donors (Lipinski definition) is 0. The molecule has 0 aliphatic rings. The van der Waals surface area contributed by atoms with Crippen LogP contribution in [-0.4, -0.2) is 4.98 Å². The summed E-state index contributed by atoms with van der Waals surface area (Å²) in [6.07, 6.45) is 0. The average Bonchev–Trinajstić information content (AvgIpc) is 3.26. The van der Waals surface area contributed by atoms with Crippen LogP contribution in [0.3, 0.4) is 0 Å². The molecule has 2 nitrogen and oxygen atoms in total. The second-order valence-electron chi connectivity index (χ2n) is 13.9. The summed E-state index contributed by atoms with van der Waals surface area (Å²) in [6, 6.07) is 73.9. The van der Waals surface area contributed by atoms with Crippen molar-refractivity contribution < 1.29 is 4.98 Å². The van der Waals surface area contributed by atoms with E-state index in [4.69, 9.17) is 4.98 Å². The standard InChI is InChI=1S/C52H34N2/c1-3-11-35(12-4-1)46-32-50(39-15-5-2-6-16-39)54-51(33-46)40-23-21-38(22-24-40)47-34-52(45-26-20-37-14-8-10-18-42(37)30-45)53-49-28-27-44(31-48(47)49)43-25-19-36-13-7-9-17-41(36)29-43/h1-34H/p+1. The molecule has 2 heterocycles. The van der Waals surface area contributed by atoms with Crippen LogP contribution in [0.5, 0.6) is 0 Å². The van der Waals surface area contributed by atoms with Gasteiger partial charge in [0.25, 0.3) is 0 Å². The summed E-state index contributed by atoms with van der Waals surface area (Å²) in [4.78, 5) is 8.99. The highest BCUT2D eigenvalue weighted by molar-refractivity contribution is 5.98. The number of nitrogens with zero attached hydrogens (tertiary/aromatic N) is 1. The van der Waals surface area contributed by atoms with Crippen LogP contribution in [0.2, 0.25) is 0 Å². The topological polar surface area (TPSA) is 27.0 Å². The monoisotopic (exact) mass is 687 g/mol. The van der Waals surface area contributed by atoms with Crippen LogP contribution in [0, 0.1) is 0 Å². The molecule has 0 saturated heterocycles. The van der Waals surface area contributed by atoms with E-state index < -0.39 is 0 Å². The zero-order chi connectivity index (χ0) is 35.8. The second-order valence-corrected chi connectivity index (χ2v) is 13.9. The number of hydrogen-bond acceptors (Lipinski definition) is 1. The molecule has 0 radical (unpaired) electrons. The van der Waals surface area contributed by atoms with Gasteiger partial charge in [-0.1, -0.05) is 152 Å². The Hall–Kier alpha value is -7.16. The maximum atomic E-state index is 5.19. The van der Waals surface area contributed by atoms with Gasteiger partial charge in [-0.05, 0) is 91.8 Å². The molecule has 0 unspecified atom stereocenters. The van der Waals surface area contributed by atoms with E-state index >= 15 is 0 Å². The van der Waals surface area contributed by atoms with Crippen LogP contribution >= 0.6 is 0 Å². The summed E-state index contributed by atoms with van der Waals surface area (Å²) in [7, 11) is 0. The minimum absolute atomic E-state index is 0.948. The van der Waals surface area contributed by atoms with E-state index in [1.165, 1.54) is 49.2 Å². The zero-order valence-corrected chi connectivity index (χ0v) is 29.6. The van der Waals surface area contributed by atoms with Gasteiger partial charge in [-0.15, -0.1) is 0 Å². The first-order valence-corrected chi connectivity index (χ1v) is 18.4. The van der Waals surface area contributed by atoms with Crippen molar-refractivity contribution in [2.24, 2.45) is 0 Å². The molecule has 0 fully saturated rings. The van der Waals surface area contributed by atoms with Gasteiger partial charge in [0.15, 0.2) is 0 Å². The molecular formula is C52H35N2+. The van der Waals surface area contributed by atoms with Crippen molar-refractivity contribution >= 4 is 32.4 Å². The van der Waals surface area contributed by atoms with Gasteiger partial charge in [0, 0.05) is 34.4 Å². The molecular weight excluding hydrogens is 653 g/mol. The first-order valence-electron chi connectivity index (χ1n) is 18.4. The number of aromatic amines is 1. The fraction of sp³-hybridized carbons (Fsp3) is 0. The van der Waals surface area contributed by atoms with Gasteiger partial charge in [0.1, 0.15) is 0 Å². The molecule has 10 rings (SSSR count). The van der Waals surface area contributed by atoms with Gasteiger partial charge in [0.2, 0.25) is 11.2 Å². The number of rotatable bonds is 6. The summed E-state index contributed by atoms with van der Waals surface area (Å²) >= 11 is 0. The van der Waals surface area contributed by atoms with Crippen LogP contribution in [-0.2, 0) is 0 Å². The summed E-state index contributed by atoms with van der Waals surface area (Å²) < 4.78 is 0. The summed E-state index contributed by atoms with van der Waals surface area (Å²) in [5.41, 5.74) is 14.4. The van der Waals surface area contributed by atoms with Crippen LogP contribution < -0.4 is 4.98 Å². The maximum absolute atomic E-state index is 5.19. The third-order valence-electron chi connectivity index (χ3n) is 10.5. The lowest BCUT2D eigenvalue weighted by Gasteiger charge is -2.12. The molecule has 252 valence electrons. The van der Waals surface area contributed by atoms with E-state index in [-0.39, 0.29) is 0 Å². The fourth-order valence-corrected chi connectivity index (χ4v) is 7.63. The Morgan fingerprint density at radius 2 is 0.778 bits per heavy atom. The molecule has 0 saturated carbocycles. The van der Waals surface area contributed by atoms with Gasteiger partial charge < -0.3 is 0 Å². The Labute approximate surface area is 314 Å². The quantitative estimate of drug-likeness (QED) is 0.171. The fourth-order valence-electron chi connectivity index (χ4n) is 7.63. The predicted molar refractivity (Wildman–Crippen MR) is 226 cm³/mol. The Kier molecular flexibility index (Phi) is 7.85. The normalized spacial score (nSPS) is 11.3. The summed E-state index contributed by atoms with van der Waals surface area (Å²) in [6.45, 7) is 0. The van der Waals surface area contributed by atoms with Crippen molar-refractivity contribution in [2.75, 3.05) is 0 Å². The molecule has 0 aliphatic heterocycles. The van der Waals surface area contributed by atoms with Crippen LogP contribution in [0.4, 0.5) is 0 Å². The lowest BCUT2D eigenvalue weighted by Crippen LogP contribution is -2.09. The maximum Gasteiger partial charge on any atom is 0.211 e. The zero-order valence-electron chi connectivity index (χ0n) is 29.6. The minimum atomic E-state index is 0.948. The highest BCUT2D eigenvalue weighted by Crippen LogP contribution is 2.36. The first-order chi connectivity index (χ1) is 26.7. The van der Waals surface area contributed by atoms with Gasteiger partial charge in [-0.25, -0.2) is 9.97 Å². The molecule has 2 heteroatoms. The second kappa shape index (κ2) is 13.4.